The van der Waals surface area contributed by atoms with Crippen LogP contribution in [0.15, 0.2) is 0 Å². The van der Waals surface area contributed by atoms with Crippen LogP contribution in [-0.2, 0) is 6.42 Å². The van der Waals surface area contributed by atoms with Gasteiger partial charge in [-0.2, -0.15) is 4.98 Å². The lowest BCUT2D eigenvalue weighted by molar-refractivity contribution is 0.387. The van der Waals surface area contributed by atoms with E-state index >= 15 is 0 Å². The van der Waals surface area contributed by atoms with E-state index in [1.54, 1.807) is 7.11 Å². The summed E-state index contributed by atoms with van der Waals surface area (Å²) in [5, 5.41) is 0. The van der Waals surface area contributed by atoms with Gasteiger partial charge in [-0.1, -0.05) is 13.8 Å². The van der Waals surface area contributed by atoms with Crippen LogP contribution in [0, 0.1) is 6.92 Å². The van der Waals surface area contributed by atoms with Gasteiger partial charge in [0.2, 0.25) is 5.88 Å². The van der Waals surface area contributed by atoms with Gasteiger partial charge in [-0.25, -0.2) is 4.98 Å². The lowest BCUT2D eigenvalue weighted by Gasteiger charge is -2.15. The molecule has 0 saturated carbocycles. The summed E-state index contributed by atoms with van der Waals surface area (Å²) in [7, 11) is 1.65. The zero-order chi connectivity index (χ0) is 12.1. The molecule has 4 heteroatoms. The number of nitrogens with zero attached hydrogens (tertiary/aromatic N) is 2. The zero-order valence-corrected chi connectivity index (χ0v) is 10.6. The van der Waals surface area contributed by atoms with Crippen LogP contribution in [0.1, 0.15) is 43.3 Å². The van der Waals surface area contributed by atoms with E-state index in [1.165, 1.54) is 0 Å². The number of rotatable bonds is 5. The summed E-state index contributed by atoms with van der Waals surface area (Å²) in [4.78, 5) is 8.82. The fourth-order valence-corrected chi connectivity index (χ4v) is 1.75. The maximum atomic E-state index is 5.54. The smallest absolute Gasteiger partial charge is 0.219 e. The lowest BCUT2D eigenvalue weighted by Crippen LogP contribution is -2.09. The highest BCUT2D eigenvalue weighted by atomic mass is 16.5. The molecule has 0 spiro atoms. The molecule has 0 aliphatic carbocycles. The minimum absolute atomic E-state index is 0.378. The molecule has 0 aliphatic rings. The molecular weight excluding hydrogens is 202 g/mol. The molecule has 0 aliphatic heterocycles. The molecule has 0 unspecified atom stereocenters. The van der Waals surface area contributed by atoms with Crippen LogP contribution in [0.5, 0.6) is 5.88 Å². The third kappa shape index (κ3) is 2.92. The summed E-state index contributed by atoms with van der Waals surface area (Å²) in [6, 6.07) is 0. The van der Waals surface area contributed by atoms with E-state index < -0.39 is 0 Å². The third-order valence-corrected chi connectivity index (χ3v) is 2.48. The maximum absolute atomic E-state index is 5.54. The second-order valence-corrected chi connectivity index (χ2v) is 4.19. The van der Waals surface area contributed by atoms with Crippen molar-refractivity contribution in [1.82, 2.24) is 9.97 Å². The van der Waals surface area contributed by atoms with Gasteiger partial charge < -0.3 is 10.5 Å². The van der Waals surface area contributed by atoms with Crippen LogP contribution in [-0.4, -0.2) is 23.6 Å². The molecule has 0 bridgehead atoms. The Morgan fingerprint density at radius 1 is 1.31 bits per heavy atom. The standard InChI is InChI=1S/C12H21N3O/c1-8(2)11-10(6-5-7-13)12(16-4)15-9(3)14-11/h8H,5-7,13H2,1-4H3. The van der Waals surface area contributed by atoms with E-state index in [4.69, 9.17) is 10.5 Å². The van der Waals surface area contributed by atoms with Crippen molar-refractivity contribution in [2.24, 2.45) is 5.73 Å². The van der Waals surface area contributed by atoms with Gasteiger partial charge >= 0.3 is 0 Å². The van der Waals surface area contributed by atoms with E-state index in [1.807, 2.05) is 6.92 Å². The molecule has 1 aromatic heterocycles. The first-order valence-corrected chi connectivity index (χ1v) is 5.71. The molecule has 0 fully saturated rings. The molecule has 1 heterocycles. The minimum Gasteiger partial charge on any atom is -0.481 e. The van der Waals surface area contributed by atoms with Crippen molar-refractivity contribution in [2.45, 2.75) is 39.5 Å². The van der Waals surface area contributed by atoms with E-state index in [0.717, 1.165) is 29.9 Å². The number of ether oxygens (including phenoxy) is 1. The average molecular weight is 223 g/mol. The fourth-order valence-electron chi connectivity index (χ4n) is 1.75. The van der Waals surface area contributed by atoms with Crippen molar-refractivity contribution in [3.05, 3.63) is 17.1 Å². The summed E-state index contributed by atoms with van der Waals surface area (Å²) in [6.07, 6.45) is 1.82. The van der Waals surface area contributed by atoms with E-state index in [2.05, 4.69) is 23.8 Å². The van der Waals surface area contributed by atoms with Gasteiger partial charge in [0.1, 0.15) is 5.82 Å². The molecule has 0 atom stereocenters. The number of aromatic nitrogens is 2. The summed E-state index contributed by atoms with van der Waals surface area (Å²) in [5.41, 5.74) is 7.73. The highest BCUT2D eigenvalue weighted by Gasteiger charge is 2.15. The molecular formula is C12H21N3O. The van der Waals surface area contributed by atoms with Gasteiger partial charge in [0.05, 0.1) is 12.8 Å². The van der Waals surface area contributed by atoms with Crippen molar-refractivity contribution in [1.29, 1.82) is 0 Å². The number of methoxy groups -OCH3 is 1. The number of hydrogen-bond acceptors (Lipinski definition) is 4. The first-order valence-electron chi connectivity index (χ1n) is 5.71. The third-order valence-electron chi connectivity index (χ3n) is 2.48. The first kappa shape index (κ1) is 12.9. The van der Waals surface area contributed by atoms with Crippen LogP contribution in [0.2, 0.25) is 0 Å². The maximum Gasteiger partial charge on any atom is 0.219 e. The molecule has 0 radical (unpaired) electrons. The van der Waals surface area contributed by atoms with Gasteiger partial charge in [0, 0.05) is 5.56 Å². The molecule has 16 heavy (non-hydrogen) atoms. The van der Waals surface area contributed by atoms with Gasteiger partial charge in [-0.3, -0.25) is 0 Å². The Labute approximate surface area is 97.2 Å². The summed E-state index contributed by atoms with van der Waals surface area (Å²) in [5.74, 6) is 1.84. The molecule has 1 rings (SSSR count). The van der Waals surface area contributed by atoms with Crippen LogP contribution in [0.25, 0.3) is 0 Å². The Hall–Kier alpha value is -1.16. The Morgan fingerprint density at radius 3 is 2.50 bits per heavy atom. The summed E-state index contributed by atoms with van der Waals surface area (Å²) in [6.45, 7) is 6.83. The number of hydrogen-bond donors (Lipinski definition) is 1. The molecule has 1 aromatic rings. The predicted molar refractivity (Wildman–Crippen MR) is 64.8 cm³/mol. The van der Waals surface area contributed by atoms with E-state index in [-0.39, 0.29) is 0 Å². The van der Waals surface area contributed by atoms with Crippen molar-refractivity contribution < 1.29 is 4.74 Å². The molecule has 90 valence electrons. The Kier molecular flexibility index (Phi) is 4.68. The average Bonchev–Trinajstić information content (AvgIpc) is 2.26. The Bertz CT molecular complexity index is 350. The fraction of sp³-hybridized carbons (Fsp3) is 0.667. The summed E-state index contributed by atoms with van der Waals surface area (Å²) < 4.78 is 5.32. The second-order valence-electron chi connectivity index (χ2n) is 4.19. The van der Waals surface area contributed by atoms with Crippen LogP contribution >= 0.6 is 0 Å². The minimum atomic E-state index is 0.378. The SMILES string of the molecule is COc1nc(C)nc(C(C)C)c1CCCN. The first-order chi connectivity index (χ1) is 7.60. The second kappa shape index (κ2) is 5.80. The number of aryl methyl sites for hydroxylation is 1. The van der Waals surface area contributed by atoms with Crippen LogP contribution < -0.4 is 10.5 Å². The molecule has 0 saturated heterocycles. The van der Waals surface area contributed by atoms with Gasteiger partial charge in [0.25, 0.3) is 0 Å². The highest BCUT2D eigenvalue weighted by Crippen LogP contribution is 2.25. The van der Waals surface area contributed by atoms with Crippen molar-refractivity contribution >= 4 is 0 Å². The van der Waals surface area contributed by atoms with Gasteiger partial charge in [-0.15, -0.1) is 0 Å². The Balaban J connectivity index is 3.16. The van der Waals surface area contributed by atoms with Crippen molar-refractivity contribution in [3.63, 3.8) is 0 Å². The van der Waals surface area contributed by atoms with E-state index in [0.29, 0.717) is 18.3 Å². The molecule has 0 amide bonds. The number of nitrogens with two attached hydrogens (primary N) is 1. The van der Waals surface area contributed by atoms with Crippen molar-refractivity contribution in [3.8, 4) is 5.88 Å². The van der Waals surface area contributed by atoms with Crippen LogP contribution in [0.4, 0.5) is 0 Å². The molecule has 0 aromatic carbocycles. The summed E-state index contributed by atoms with van der Waals surface area (Å²) >= 11 is 0. The Morgan fingerprint density at radius 2 is 2.00 bits per heavy atom. The van der Waals surface area contributed by atoms with E-state index in [9.17, 15) is 0 Å². The monoisotopic (exact) mass is 223 g/mol. The zero-order valence-electron chi connectivity index (χ0n) is 10.6. The van der Waals surface area contributed by atoms with Crippen LogP contribution in [0.3, 0.4) is 0 Å². The largest absolute Gasteiger partial charge is 0.481 e. The highest BCUT2D eigenvalue weighted by molar-refractivity contribution is 5.33. The van der Waals surface area contributed by atoms with Crippen molar-refractivity contribution in [2.75, 3.05) is 13.7 Å². The quantitative estimate of drug-likeness (QED) is 0.827. The predicted octanol–water partition coefficient (Wildman–Crippen LogP) is 1.81. The molecule has 4 nitrogen and oxygen atoms in total. The topological polar surface area (TPSA) is 61.0 Å². The lowest BCUT2D eigenvalue weighted by atomic mass is 10.0. The van der Waals surface area contributed by atoms with Gasteiger partial charge in [0.15, 0.2) is 0 Å². The molecule has 2 N–H and O–H groups in total. The normalized spacial score (nSPS) is 10.9. The van der Waals surface area contributed by atoms with Gasteiger partial charge in [-0.05, 0) is 32.2 Å².